The fourth-order valence-corrected chi connectivity index (χ4v) is 3.00. The van der Waals surface area contributed by atoms with Gasteiger partial charge in [-0.25, -0.2) is 13.1 Å². The summed E-state index contributed by atoms with van der Waals surface area (Å²) >= 11 is 5.66. The average Bonchev–Trinajstić information content (AvgIpc) is 2.53. The van der Waals surface area contributed by atoms with Crippen LogP contribution in [0.2, 0.25) is 5.02 Å². The Labute approximate surface area is 146 Å². The second kappa shape index (κ2) is 7.42. The van der Waals surface area contributed by atoms with Gasteiger partial charge in [-0.1, -0.05) is 23.7 Å². The van der Waals surface area contributed by atoms with E-state index < -0.39 is 39.9 Å². The van der Waals surface area contributed by atoms with Crippen molar-refractivity contribution in [2.45, 2.75) is 11.1 Å². The molecule has 0 unspecified atom stereocenters. The number of nitrogens with one attached hydrogen (secondary N) is 2. The molecule has 2 rings (SSSR count). The second-order valence-electron chi connectivity index (χ2n) is 4.87. The summed E-state index contributed by atoms with van der Waals surface area (Å²) in [6.07, 6.45) is -4.65. The molecule has 0 aliphatic carbocycles. The Morgan fingerprint density at radius 2 is 1.64 bits per heavy atom. The fourth-order valence-electron chi connectivity index (χ4n) is 1.89. The molecule has 1 amide bonds. The number of amides is 1. The van der Waals surface area contributed by atoms with Gasteiger partial charge in [0.1, 0.15) is 0 Å². The van der Waals surface area contributed by atoms with Crippen LogP contribution in [0.25, 0.3) is 0 Å². The normalized spacial score (nSPS) is 12.0. The highest BCUT2D eigenvalue weighted by Gasteiger charge is 2.33. The number of rotatable bonds is 5. The second-order valence-corrected chi connectivity index (χ2v) is 7.07. The van der Waals surface area contributed by atoms with E-state index in [2.05, 4.69) is 0 Å². The molecule has 0 saturated heterocycles. The Hall–Kier alpha value is -2.10. The summed E-state index contributed by atoms with van der Waals surface area (Å²) in [6, 6.07) is 9.58. The van der Waals surface area contributed by atoms with Crippen molar-refractivity contribution < 1.29 is 26.4 Å². The molecular formula is C15H12ClF3N2O3S. The van der Waals surface area contributed by atoms with Gasteiger partial charge in [0.05, 0.1) is 22.7 Å². The van der Waals surface area contributed by atoms with Crippen molar-refractivity contribution in [1.29, 1.82) is 0 Å². The average molecular weight is 393 g/mol. The molecule has 0 aliphatic rings. The molecule has 0 radical (unpaired) electrons. The molecule has 134 valence electrons. The van der Waals surface area contributed by atoms with Gasteiger partial charge in [-0.05, 0) is 36.4 Å². The first kappa shape index (κ1) is 19.2. The van der Waals surface area contributed by atoms with E-state index in [9.17, 15) is 26.4 Å². The number of para-hydroxylation sites is 1. The number of hydrogen-bond donors (Lipinski definition) is 2. The predicted molar refractivity (Wildman–Crippen MR) is 86.7 cm³/mol. The molecule has 2 N–H and O–H groups in total. The molecule has 2 aromatic carbocycles. The van der Waals surface area contributed by atoms with E-state index in [1.54, 1.807) is 0 Å². The minimum absolute atomic E-state index is 0.125. The smallest absolute Gasteiger partial charge is 0.324 e. The molecular weight excluding hydrogens is 381 g/mol. The lowest BCUT2D eigenvalue weighted by Crippen LogP contribution is -2.33. The van der Waals surface area contributed by atoms with Crippen LogP contribution in [0.1, 0.15) is 5.56 Å². The number of carbonyl (C=O) groups excluding carboxylic acids is 1. The molecule has 0 heterocycles. The summed E-state index contributed by atoms with van der Waals surface area (Å²) in [4.78, 5) is 11.7. The quantitative estimate of drug-likeness (QED) is 0.820. The van der Waals surface area contributed by atoms with Crippen molar-refractivity contribution >= 4 is 33.2 Å². The summed E-state index contributed by atoms with van der Waals surface area (Å²) in [5.41, 5.74) is -1.48. The molecule has 2 aromatic rings. The van der Waals surface area contributed by atoms with Crippen LogP contribution >= 0.6 is 11.6 Å². The topological polar surface area (TPSA) is 75.3 Å². The van der Waals surface area contributed by atoms with Crippen molar-refractivity contribution in [3.8, 4) is 0 Å². The number of anilines is 1. The van der Waals surface area contributed by atoms with Gasteiger partial charge in [-0.2, -0.15) is 13.2 Å². The number of sulfonamides is 1. The summed E-state index contributed by atoms with van der Waals surface area (Å²) in [5, 5.41) is 2.38. The molecule has 0 spiro atoms. The Bertz CT molecular complexity index is 868. The summed E-state index contributed by atoms with van der Waals surface area (Å²) < 4.78 is 64.6. The first-order valence-corrected chi connectivity index (χ1v) is 8.67. The Morgan fingerprint density at radius 1 is 1.04 bits per heavy atom. The lowest BCUT2D eigenvalue weighted by Gasteiger charge is -2.13. The van der Waals surface area contributed by atoms with Crippen molar-refractivity contribution in [3.63, 3.8) is 0 Å². The standard InChI is InChI=1S/C15H12ClF3N2O3S/c16-10-5-7-11(8-6-10)25(23,24)20-9-14(22)21-13-4-2-1-3-12(13)15(17,18)19/h1-8,20H,9H2,(H,21,22). The maximum absolute atomic E-state index is 12.9. The van der Waals surface area contributed by atoms with Crippen LogP contribution in [0.5, 0.6) is 0 Å². The molecule has 0 aliphatic heterocycles. The Morgan fingerprint density at radius 3 is 2.24 bits per heavy atom. The van der Waals surface area contributed by atoms with Crippen molar-refractivity contribution in [3.05, 3.63) is 59.1 Å². The van der Waals surface area contributed by atoms with E-state index >= 15 is 0 Å². The van der Waals surface area contributed by atoms with Gasteiger partial charge in [-0.3, -0.25) is 4.79 Å². The summed E-state index contributed by atoms with van der Waals surface area (Å²) in [6.45, 7) is -0.725. The van der Waals surface area contributed by atoms with Gasteiger partial charge in [0.15, 0.2) is 0 Å². The van der Waals surface area contributed by atoms with Gasteiger partial charge in [-0.15, -0.1) is 0 Å². The summed E-state index contributed by atoms with van der Waals surface area (Å²) in [7, 11) is -3.99. The number of benzene rings is 2. The van der Waals surface area contributed by atoms with Crippen LogP contribution in [0.3, 0.4) is 0 Å². The minimum Gasteiger partial charge on any atom is -0.324 e. The van der Waals surface area contributed by atoms with Crippen molar-refractivity contribution in [2.75, 3.05) is 11.9 Å². The van der Waals surface area contributed by atoms with Crippen molar-refractivity contribution in [2.24, 2.45) is 0 Å². The van der Waals surface area contributed by atoms with Crippen LogP contribution in [0, 0.1) is 0 Å². The van der Waals surface area contributed by atoms with Crippen LogP contribution in [-0.4, -0.2) is 20.9 Å². The van der Waals surface area contributed by atoms with E-state index in [1.165, 1.54) is 36.4 Å². The lowest BCUT2D eigenvalue weighted by molar-refractivity contribution is -0.137. The van der Waals surface area contributed by atoms with E-state index in [4.69, 9.17) is 11.6 Å². The fraction of sp³-hybridized carbons (Fsp3) is 0.133. The lowest BCUT2D eigenvalue weighted by atomic mass is 10.1. The number of alkyl halides is 3. The van der Waals surface area contributed by atoms with Crippen LogP contribution < -0.4 is 10.0 Å². The Kier molecular flexibility index (Phi) is 5.71. The monoisotopic (exact) mass is 392 g/mol. The molecule has 0 saturated carbocycles. The van der Waals surface area contributed by atoms with E-state index in [0.29, 0.717) is 5.02 Å². The van der Waals surface area contributed by atoms with Crippen LogP contribution in [0.15, 0.2) is 53.4 Å². The van der Waals surface area contributed by atoms with Gasteiger partial charge in [0.25, 0.3) is 0 Å². The highest BCUT2D eigenvalue weighted by Crippen LogP contribution is 2.34. The first-order chi connectivity index (χ1) is 11.6. The minimum atomic E-state index is -4.65. The molecule has 25 heavy (non-hydrogen) atoms. The Balaban J connectivity index is 2.06. The number of halogens is 4. The third-order valence-corrected chi connectivity index (χ3v) is 4.72. The first-order valence-electron chi connectivity index (χ1n) is 6.81. The molecule has 0 fully saturated rings. The molecule has 5 nitrogen and oxygen atoms in total. The van der Waals surface area contributed by atoms with Gasteiger partial charge in [0, 0.05) is 5.02 Å². The van der Waals surface area contributed by atoms with E-state index in [0.717, 1.165) is 12.1 Å². The molecule has 0 aromatic heterocycles. The van der Waals surface area contributed by atoms with Crippen LogP contribution in [0.4, 0.5) is 18.9 Å². The highest BCUT2D eigenvalue weighted by atomic mass is 35.5. The zero-order chi connectivity index (χ0) is 18.7. The SMILES string of the molecule is O=C(CNS(=O)(=O)c1ccc(Cl)cc1)Nc1ccccc1C(F)(F)F. The molecule has 0 bridgehead atoms. The molecule has 0 atom stereocenters. The zero-order valence-corrected chi connectivity index (χ0v) is 14.0. The maximum atomic E-state index is 12.9. The summed E-state index contributed by atoms with van der Waals surface area (Å²) in [5.74, 6) is -0.936. The van der Waals surface area contributed by atoms with Crippen molar-refractivity contribution in [1.82, 2.24) is 4.72 Å². The largest absolute Gasteiger partial charge is 0.418 e. The van der Waals surface area contributed by atoms with E-state index in [1.807, 2.05) is 10.0 Å². The zero-order valence-electron chi connectivity index (χ0n) is 12.5. The van der Waals surface area contributed by atoms with Crippen LogP contribution in [-0.2, 0) is 21.0 Å². The van der Waals surface area contributed by atoms with Gasteiger partial charge >= 0.3 is 6.18 Å². The van der Waals surface area contributed by atoms with E-state index in [-0.39, 0.29) is 4.90 Å². The predicted octanol–water partition coefficient (Wildman–Crippen LogP) is 3.28. The number of carbonyl (C=O) groups is 1. The maximum Gasteiger partial charge on any atom is 0.418 e. The van der Waals surface area contributed by atoms with Gasteiger partial charge < -0.3 is 5.32 Å². The third kappa shape index (κ3) is 5.18. The third-order valence-electron chi connectivity index (χ3n) is 3.05. The molecule has 10 heteroatoms. The number of hydrogen-bond acceptors (Lipinski definition) is 3. The highest BCUT2D eigenvalue weighted by molar-refractivity contribution is 7.89. The van der Waals surface area contributed by atoms with Gasteiger partial charge in [0.2, 0.25) is 15.9 Å².